The minimum atomic E-state index is -0.359. The molecule has 34 heavy (non-hydrogen) atoms. The monoisotopic (exact) mass is 467 g/mol. The SMILES string of the molecule is Cc1nc(-c2cccc(F)c2)n(CCc2ccccc2)c(=O)c1-c1ccc(-c2cccnc2)s1. The number of hydrogen-bond donors (Lipinski definition) is 0. The van der Waals surface area contributed by atoms with Gasteiger partial charge in [0.2, 0.25) is 0 Å². The van der Waals surface area contributed by atoms with Crippen molar-refractivity contribution in [3.05, 3.63) is 119 Å². The van der Waals surface area contributed by atoms with Crippen molar-refractivity contribution < 1.29 is 4.39 Å². The van der Waals surface area contributed by atoms with Crippen LogP contribution in [0.25, 0.3) is 32.3 Å². The number of benzene rings is 2. The summed E-state index contributed by atoms with van der Waals surface area (Å²) >= 11 is 1.54. The molecule has 0 aliphatic heterocycles. The summed E-state index contributed by atoms with van der Waals surface area (Å²) in [5.41, 5.74) is 3.79. The molecule has 0 aliphatic carbocycles. The Hall–Kier alpha value is -3.90. The highest BCUT2D eigenvalue weighted by molar-refractivity contribution is 7.18. The molecule has 2 aromatic carbocycles. The molecule has 0 aliphatic rings. The average molecular weight is 468 g/mol. The average Bonchev–Trinajstić information content (AvgIpc) is 3.34. The van der Waals surface area contributed by atoms with Crippen LogP contribution >= 0.6 is 11.3 Å². The minimum absolute atomic E-state index is 0.123. The van der Waals surface area contributed by atoms with Gasteiger partial charge in [-0.25, -0.2) is 9.37 Å². The molecule has 0 spiro atoms. The first-order valence-electron chi connectivity index (χ1n) is 11.0. The Bertz CT molecular complexity index is 1490. The summed E-state index contributed by atoms with van der Waals surface area (Å²) in [7, 11) is 0. The van der Waals surface area contributed by atoms with Crippen LogP contribution in [0.4, 0.5) is 4.39 Å². The van der Waals surface area contributed by atoms with Crippen LogP contribution < -0.4 is 5.56 Å². The molecule has 5 aromatic rings. The minimum Gasteiger partial charge on any atom is -0.292 e. The molecule has 0 bridgehead atoms. The summed E-state index contributed by atoms with van der Waals surface area (Å²) < 4.78 is 15.7. The Morgan fingerprint density at radius 1 is 0.912 bits per heavy atom. The number of hydrogen-bond acceptors (Lipinski definition) is 4. The van der Waals surface area contributed by atoms with Crippen LogP contribution in [0.3, 0.4) is 0 Å². The van der Waals surface area contributed by atoms with E-state index < -0.39 is 0 Å². The maximum Gasteiger partial charge on any atom is 0.262 e. The Balaban J connectivity index is 1.62. The van der Waals surface area contributed by atoms with Crippen molar-refractivity contribution >= 4 is 11.3 Å². The van der Waals surface area contributed by atoms with Gasteiger partial charge in [0.05, 0.1) is 11.3 Å². The van der Waals surface area contributed by atoms with E-state index in [9.17, 15) is 9.18 Å². The summed E-state index contributed by atoms with van der Waals surface area (Å²) in [6, 6.07) is 24.1. The van der Waals surface area contributed by atoms with Gasteiger partial charge in [0.1, 0.15) is 11.6 Å². The van der Waals surface area contributed by atoms with E-state index in [4.69, 9.17) is 4.98 Å². The molecule has 3 heterocycles. The van der Waals surface area contributed by atoms with Gasteiger partial charge in [-0.1, -0.05) is 48.5 Å². The second kappa shape index (κ2) is 9.53. The highest BCUT2D eigenvalue weighted by atomic mass is 32.1. The molecule has 6 heteroatoms. The lowest BCUT2D eigenvalue weighted by Crippen LogP contribution is -2.26. The van der Waals surface area contributed by atoms with E-state index in [1.54, 1.807) is 34.2 Å². The molecule has 0 fully saturated rings. The maximum absolute atomic E-state index is 14.0. The highest BCUT2D eigenvalue weighted by Gasteiger charge is 2.19. The first kappa shape index (κ1) is 21.9. The van der Waals surface area contributed by atoms with Gasteiger partial charge >= 0.3 is 0 Å². The van der Waals surface area contributed by atoms with Crippen molar-refractivity contribution in [3.63, 3.8) is 0 Å². The molecule has 5 rings (SSSR count). The summed E-state index contributed by atoms with van der Waals surface area (Å²) in [4.78, 5) is 24.8. The number of thiophene rings is 1. The Kier molecular flexibility index (Phi) is 6.14. The number of halogens is 1. The molecular weight excluding hydrogens is 445 g/mol. The van der Waals surface area contributed by atoms with E-state index in [1.807, 2.05) is 67.7 Å². The van der Waals surface area contributed by atoms with E-state index in [0.29, 0.717) is 35.6 Å². The zero-order valence-corrected chi connectivity index (χ0v) is 19.4. The molecule has 0 unspecified atom stereocenters. The first-order chi connectivity index (χ1) is 16.6. The zero-order valence-electron chi connectivity index (χ0n) is 18.6. The van der Waals surface area contributed by atoms with E-state index >= 15 is 0 Å². The largest absolute Gasteiger partial charge is 0.292 e. The predicted octanol–water partition coefficient (Wildman–Crippen LogP) is 6.39. The van der Waals surface area contributed by atoms with Crippen LogP contribution in [0.15, 0.2) is 96.1 Å². The quantitative estimate of drug-likeness (QED) is 0.291. The van der Waals surface area contributed by atoms with E-state index in [0.717, 1.165) is 20.9 Å². The predicted molar refractivity (Wildman–Crippen MR) is 135 cm³/mol. The molecule has 0 radical (unpaired) electrons. The lowest BCUT2D eigenvalue weighted by molar-refractivity contribution is 0.626. The molecule has 0 atom stereocenters. The molecule has 168 valence electrons. The van der Waals surface area contributed by atoms with Crippen LogP contribution in [0.2, 0.25) is 0 Å². The normalized spacial score (nSPS) is 11.0. The van der Waals surface area contributed by atoms with Crippen molar-refractivity contribution in [2.75, 3.05) is 0 Å². The number of aryl methyl sites for hydroxylation is 2. The van der Waals surface area contributed by atoms with Gasteiger partial charge in [-0.15, -0.1) is 11.3 Å². The van der Waals surface area contributed by atoms with E-state index in [1.165, 1.54) is 12.1 Å². The third-order valence-corrected chi connectivity index (χ3v) is 6.85. The Labute approximate surface area is 201 Å². The number of nitrogens with zero attached hydrogens (tertiary/aromatic N) is 3. The van der Waals surface area contributed by atoms with E-state index in [2.05, 4.69) is 4.98 Å². The fraction of sp³-hybridized carbons (Fsp3) is 0.107. The van der Waals surface area contributed by atoms with Gasteiger partial charge in [0, 0.05) is 39.8 Å². The lowest BCUT2D eigenvalue weighted by Gasteiger charge is -2.16. The van der Waals surface area contributed by atoms with Crippen molar-refractivity contribution in [2.24, 2.45) is 0 Å². The van der Waals surface area contributed by atoms with Crippen molar-refractivity contribution in [2.45, 2.75) is 19.9 Å². The number of rotatable bonds is 6. The summed E-state index contributed by atoms with van der Waals surface area (Å²) in [5.74, 6) is 0.119. The van der Waals surface area contributed by atoms with E-state index in [-0.39, 0.29) is 11.4 Å². The third kappa shape index (κ3) is 4.45. The Morgan fingerprint density at radius 3 is 2.47 bits per heavy atom. The highest BCUT2D eigenvalue weighted by Crippen LogP contribution is 2.34. The molecule has 0 amide bonds. The van der Waals surface area contributed by atoms with Gasteiger partial charge in [-0.05, 0) is 49.2 Å². The fourth-order valence-corrected chi connectivity index (χ4v) is 5.11. The van der Waals surface area contributed by atoms with Gasteiger partial charge in [-0.2, -0.15) is 0 Å². The summed E-state index contributed by atoms with van der Waals surface area (Å²) in [6.07, 6.45) is 4.22. The topological polar surface area (TPSA) is 47.8 Å². The van der Waals surface area contributed by atoms with Crippen LogP contribution in [0, 0.1) is 12.7 Å². The molecule has 0 saturated carbocycles. The van der Waals surface area contributed by atoms with Gasteiger partial charge in [-0.3, -0.25) is 14.3 Å². The summed E-state index contributed by atoms with van der Waals surface area (Å²) in [6.45, 7) is 2.28. The first-order valence-corrected chi connectivity index (χ1v) is 11.8. The van der Waals surface area contributed by atoms with Crippen molar-refractivity contribution in [1.29, 1.82) is 0 Å². The maximum atomic E-state index is 14.0. The smallest absolute Gasteiger partial charge is 0.262 e. The molecule has 4 nitrogen and oxygen atoms in total. The third-order valence-electron chi connectivity index (χ3n) is 5.70. The second-order valence-corrected chi connectivity index (χ2v) is 9.09. The van der Waals surface area contributed by atoms with Gasteiger partial charge in [0.15, 0.2) is 0 Å². The molecule has 0 saturated heterocycles. The Morgan fingerprint density at radius 2 is 1.71 bits per heavy atom. The lowest BCUT2D eigenvalue weighted by atomic mass is 10.1. The molecule has 0 N–H and O–H groups in total. The number of pyridine rings is 1. The van der Waals surface area contributed by atoms with Gasteiger partial charge < -0.3 is 0 Å². The van der Waals surface area contributed by atoms with Crippen LogP contribution in [0.5, 0.6) is 0 Å². The number of aromatic nitrogens is 3. The van der Waals surface area contributed by atoms with Crippen LogP contribution in [-0.2, 0) is 13.0 Å². The van der Waals surface area contributed by atoms with Gasteiger partial charge in [0.25, 0.3) is 5.56 Å². The summed E-state index contributed by atoms with van der Waals surface area (Å²) in [5, 5.41) is 0. The molecular formula is C28H22FN3OS. The fourth-order valence-electron chi connectivity index (χ4n) is 4.02. The van der Waals surface area contributed by atoms with Crippen LogP contribution in [-0.4, -0.2) is 14.5 Å². The zero-order chi connectivity index (χ0) is 23.5. The molecule has 3 aromatic heterocycles. The van der Waals surface area contributed by atoms with Crippen LogP contribution in [0.1, 0.15) is 11.3 Å². The van der Waals surface area contributed by atoms with Crippen molar-refractivity contribution in [3.8, 4) is 32.3 Å². The second-order valence-electron chi connectivity index (χ2n) is 8.00. The standard InChI is InChI=1S/C28H22FN3OS/c1-19-26(25-13-12-24(34-25)22-10-6-15-30-18-22)28(33)32(16-14-20-7-3-2-4-8-20)27(31-19)21-9-5-11-23(29)17-21/h2-13,15,17-18H,14,16H2,1H3. The van der Waals surface area contributed by atoms with Crippen molar-refractivity contribution in [1.82, 2.24) is 14.5 Å².